The highest BCUT2D eigenvalue weighted by atomic mass is 79.9. The molecule has 0 radical (unpaired) electrons. The molecule has 6 atom stereocenters. The van der Waals surface area contributed by atoms with Crippen molar-refractivity contribution in [2.75, 3.05) is 4.90 Å². The number of anilines is 1. The molecule has 0 aromatic heterocycles. The first-order valence-electron chi connectivity index (χ1n) is 7.49. The van der Waals surface area contributed by atoms with Gasteiger partial charge in [-0.2, -0.15) is 0 Å². The Labute approximate surface area is 131 Å². The maximum atomic E-state index is 12.9. The molecule has 5 aliphatic rings. The van der Waals surface area contributed by atoms with E-state index in [2.05, 4.69) is 28.1 Å². The molecule has 3 fully saturated rings. The number of amides is 2. The van der Waals surface area contributed by atoms with Crippen molar-refractivity contribution < 1.29 is 9.59 Å². The minimum atomic E-state index is -0.122. The fourth-order valence-corrected chi connectivity index (χ4v) is 5.29. The van der Waals surface area contributed by atoms with Gasteiger partial charge in [0.15, 0.2) is 0 Å². The van der Waals surface area contributed by atoms with Crippen molar-refractivity contribution in [1.82, 2.24) is 0 Å². The van der Waals surface area contributed by atoms with Crippen LogP contribution in [0.4, 0.5) is 5.69 Å². The second-order valence-corrected chi connectivity index (χ2v) is 7.47. The monoisotopic (exact) mass is 343 g/mol. The normalized spacial score (nSPS) is 42.2. The molecule has 2 saturated carbocycles. The van der Waals surface area contributed by atoms with Crippen LogP contribution in [0.25, 0.3) is 0 Å². The zero-order chi connectivity index (χ0) is 14.3. The van der Waals surface area contributed by atoms with E-state index in [1.54, 1.807) is 0 Å². The van der Waals surface area contributed by atoms with Crippen molar-refractivity contribution in [1.29, 1.82) is 0 Å². The Bertz CT molecular complexity index is 676. The predicted molar refractivity (Wildman–Crippen MR) is 81.3 cm³/mol. The number of benzene rings is 1. The summed E-state index contributed by atoms with van der Waals surface area (Å²) in [5.74, 6) is 1.63. The van der Waals surface area contributed by atoms with Crippen LogP contribution < -0.4 is 4.90 Å². The van der Waals surface area contributed by atoms with E-state index in [1.807, 2.05) is 24.3 Å². The SMILES string of the molecule is O=C1[C@@H]2[C@H]3C=C[C@@H]([C@@H]4C[C@@H]34)[C@H]2C(=O)N1c1ccccc1Br. The Kier molecular flexibility index (Phi) is 2.23. The van der Waals surface area contributed by atoms with E-state index in [9.17, 15) is 9.59 Å². The maximum absolute atomic E-state index is 12.9. The van der Waals surface area contributed by atoms with Crippen LogP contribution in [0.3, 0.4) is 0 Å². The summed E-state index contributed by atoms with van der Waals surface area (Å²) in [7, 11) is 0. The Hall–Kier alpha value is -1.42. The Balaban J connectivity index is 1.62. The number of allylic oxidation sites excluding steroid dienone is 2. The molecular formula is C17H14BrNO2. The number of halogens is 1. The fraction of sp³-hybridized carbons (Fsp3) is 0.412. The lowest BCUT2D eigenvalue weighted by Gasteiger charge is -2.37. The summed E-state index contributed by atoms with van der Waals surface area (Å²) in [6.07, 6.45) is 5.61. The standard InChI is InChI=1S/C17H14BrNO2/c18-12-3-1-2-4-13(12)19-16(20)14-8-5-6-9(11-7-10(8)11)15(14)17(19)21/h1-6,8-11,14-15H,7H2/t8-,9-,10-,11-,14+,15+/m0/s1. The molecule has 6 rings (SSSR count). The molecule has 106 valence electrons. The number of hydrogen-bond donors (Lipinski definition) is 0. The molecule has 1 heterocycles. The Morgan fingerprint density at radius 1 is 0.952 bits per heavy atom. The van der Waals surface area contributed by atoms with Gasteiger partial charge in [-0.05, 0) is 58.2 Å². The second kappa shape index (κ2) is 3.86. The number of rotatable bonds is 1. The molecule has 3 nitrogen and oxygen atoms in total. The average molecular weight is 344 g/mol. The molecule has 0 N–H and O–H groups in total. The van der Waals surface area contributed by atoms with E-state index in [1.165, 1.54) is 11.3 Å². The summed E-state index contributed by atoms with van der Waals surface area (Å²) in [5, 5.41) is 0. The zero-order valence-corrected chi connectivity index (χ0v) is 12.9. The third-order valence-electron chi connectivity index (χ3n) is 5.76. The van der Waals surface area contributed by atoms with Crippen LogP contribution in [0.15, 0.2) is 40.9 Å². The Morgan fingerprint density at radius 2 is 1.52 bits per heavy atom. The van der Waals surface area contributed by atoms with Crippen molar-refractivity contribution in [2.45, 2.75) is 6.42 Å². The molecule has 0 unspecified atom stereocenters. The average Bonchev–Trinajstić information content (AvgIpc) is 3.26. The highest BCUT2D eigenvalue weighted by Crippen LogP contribution is 2.65. The number of para-hydroxylation sites is 1. The number of carbonyl (C=O) groups excluding carboxylic acids is 2. The molecule has 1 aromatic rings. The van der Waals surface area contributed by atoms with Gasteiger partial charge >= 0.3 is 0 Å². The van der Waals surface area contributed by atoms with Gasteiger partial charge in [0.2, 0.25) is 11.8 Å². The molecule has 1 saturated heterocycles. The second-order valence-electron chi connectivity index (χ2n) is 6.62. The lowest BCUT2D eigenvalue weighted by Crippen LogP contribution is -2.40. The molecule has 4 aliphatic carbocycles. The van der Waals surface area contributed by atoms with Gasteiger partial charge in [0.25, 0.3) is 0 Å². The molecule has 2 amide bonds. The molecule has 0 spiro atoms. The van der Waals surface area contributed by atoms with Gasteiger partial charge in [0.1, 0.15) is 0 Å². The van der Waals surface area contributed by atoms with Gasteiger partial charge in [-0.25, -0.2) is 4.90 Å². The predicted octanol–water partition coefficient (Wildman–Crippen LogP) is 3.01. The van der Waals surface area contributed by atoms with Crippen LogP contribution in [0, 0.1) is 35.5 Å². The fourth-order valence-electron chi connectivity index (χ4n) is 4.83. The summed E-state index contributed by atoms with van der Waals surface area (Å²) in [6, 6.07) is 7.48. The van der Waals surface area contributed by atoms with Gasteiger partial charge in [-0.1, -0.05) is 24.3 Å². The van der Waals surface area contributed by atoms with E-state index < -0.39 is 0 Å². The van der Waals surface area contributed by atoms with E-state index in [0.29, 0.717) is 17.5 Å². The molecule has 1 aromatic carbocycles. The van der Waals surface area contributed by atoms with Gasteiger partial charge in [0.05, 0.1) is 17.5 Å². The van der Waals surface area contributed by atoms with Crippen LogP contribution in [0.2, 0.25) is 0 Å². The van der Waals surface area contributed by atoms with Crippen molar-refractivity contribution in [3.8, 4) is 0 Å². The topological polar surface area (TPSA) is 37.4 Å². The molecular weight excluding hydrogens is 330 g/mol. The first-order valence-corrected chi connectivity index (χ1v) is 8.28. The number of carbonyl (C=O) groups is 2. The van der Waals surface area contributed by atoms with Crippen molar-refractivity contribution in [2.24, 2.45) is 35.5 Å². The Morgan fingerprint density at radius 3 is 2.10 bits per heavy atom. The summed E-state index contributed by atoms with van der Waals surface area (Å²) >= 11 is 3.47. The number of imide groups is 1. The molecule has 1 aliphatic heterocycles. The molecule has 2 bridgehead atoms. The van der Waals surface area contributed by atoms with E-state index in [0.717, 1.165) is 4.47 Å². The summed E-state index contributed by atoms with van der Waals surface area (Å²) in [4.78, 5) is 27.2. The first kappa shape index (κ1) is 12.2. The van der Waals surface area contributed by atoms with Gasteiger partial charge in [0, 0.05) is 4.47 Å². The van der Waals surface area contributed by atoms with E-state index >= 15 is 0 Å². The maximum Gasteiger partial charge on any atom is 0.238 e. The molecule has 21 heavy (non-hydrogen) atoms. The van der Waals surface area contributed by atoms with Gasteiger partial charge < -0.3 is 0 Å². The number of hydrogen-bond acceptors (Lipinski definition) is 2. The van der Waals surface area contributed by atoms with E-state index in [-0.39, 0.29) is 35.5 Å². The summed E-state index contributed by atoms with van der Waals surface area (Å²) in [6.45, 7) is 0. The van der Waals surface area contributed by atoms with Gasteiger partial charge in [-0.15, -0.1) is 0 Å². The lowest BCUT2D eigenvalue weighted by atomic mass is 9.63. The van der Waals surface area contributed by atoms with Gasteiger partial charge in [-0.3, -0.25) is 9.59 Å². The van der Waals surface area contributed by atoms with Crippen LogP contribution >= 0.6 is 15.9 Å². The third kappa shape index (κ3) is 1.39. The molecule has 4 heteroatoms. The van der Waals surface area contributed by atoms with Crippen molar-refractivity contribution >= 4 is 33.4 Å². The van der Waals surface area contributed by atoms with Crippen molar-refractivity contribution in [3.05, 3.63) is 40.9 Å². The number of nitrogens with zero attached hydrogens (tertiary/aromatic N) is 1. The summed E-state index contributed by atoms with van der Waals surface area (Å²) in [5.41, 5.74) is 0.690. The third-order valence-corrected chi connectivity index (χ3v) is 6.43. The quantitative estimate of drug-likeness (QED) is 0.580. The smallest absolute Gasteiger partial charge is 0.238 e. The zero-order valence-electron chi connectivity index (χ0n) is 11.3. The van der Waals surface area contributed by atoms with Crippen LogP contribution in [-0.4, -0.2) is 11.8 Å². The van der Waals surface area contributed by atoms with Crippen LogP contribution in [0.5, 0.6) is 0 Å². The van der Waals surface area contributed by atoms with E-state index in [4.69, 9.17) is 0 Å². The first-order chi connectivity index (χ1) is 10.2. The summed E-state index contributed by atoms with van der Waals surface area (Å²) < 4.78 is 0.802. The lowest BCUT2D eigenvalue weighted by molar-refractivity contribution is -0.124. The van der Waals surface area contributed by atoms with Crippen molar-refractivity contribution in [3.63, 3.8) is 0 Å². The van der Waals surface area contributed by atoms with Crippen LogP contribution in [-0.2, 0) is 9.59 Å². The highest BCUT2D eigenvalue weighted by molar-refractivity contribution is 9.10. The largest absolute Gasteiger partial charge is 0.274 e. The minimum absolute atomic E-state index is 0.00148. The minimum Gasteiger partial charge on any atom is -0.274 e. The van der Waals surface area contributed by atoms with Crippen LogP contribution in [0.1, 0.15) is 6.42 Å². The highest BCUT2D eigenvalue weighted by Gasteiger charge is 2.67.